The predicted molar refractivity (Wildman–Crippen MR) is 64.9 cm³/mol. The van der Waals surface area contributed by atoms with Crippen LogP contribution in [0.15, 0.2) is 18.2 Å². The molecule has 1 aliphatic rings. The number of benzene rings is 1. The van der Waals surface area contributed by atoms with E-state index in [1.807, 2.05) is 6.07 Å². The molecule has 0 aliphatic carbocycles. The van der Waals surface area contributed by atoms with E-state index in [4.69, 9.17) is 5.11 Å². The molecule has 1 aromatic rings. The number of anilines is 1. The van der Waals surface area contributed by atoms with E-state index in [1.165, 1.54) is 0 Å². The summed E-state index contributed by atoms with van der Waals surface area (Å²) in [5.74, 6) is 0.717. The number of phenolic OH excluding ortho intramolecular Hbond substituents is 1. The van der Waals surface area contributed by atoms with Gasteiger partial charge < -0.3 is 15.1 Å². The normalized spacial score (nSPS) is 20.4. The Morgan fingerprint density at radius 2 is 2.19 bits per heavy atom. The summed E-state index contributed by atoms with van der Waals surface area (Å²) in [6.45, 7) is 4.20. The van der Waals surface area contributed by atoms with Crippen LogP contribution in [0.4, 0.5) is 5.69 Å². The molecule has 16 heavy (non-hydrogen) atoms. The molecule has 3 heteroatoms. The Balaban J connectivity index is 2.17. The lowest BCUT2D eigenvalue weighted by Gasteiger charge is -2.19. The van der Waals surface area contributed by atoms with Crippen molar-refractivity contribution in [1.82, 2.24) is 0 Å². The van der Waals surface area contributed by atoms with Gasteiger partial charge in [0.15, 0.2) is 0 Å². The van der Waals surface area contributed by atoms with E-state index in [9.17, 15) is 5.11 Å². The fourth-order valence-corrected chi connectivity index (χ4v) is 2.26. The zero-order valence-electron chi connectivity index (χ0n) is 9.69. The molecule has 2 N–H and O–H groups in total. The van der Waals surface area contributed by atoms with Crippen LogP contribution >= 0.6 is 0 Å². The molecule has 0 saturated carbocycles. The van der Waals surface area contributed by atoms with Crippen molar-refractivity contribution in [3.8, 4) is 5.75 Å². The molecular formula is C13H19NO2. The van der Waals surface area contributed by atoms with Crippen LogP contribution in [0.5, 0.6) is 5.75 Å². The van der Waals surface area contributed by atoms with E-state index in [0.717, 1.165) is 37.2 Å². The molecule has 0 aromatic heterocycles. The number of aliphatic hydroxyl groups excluding tert-OH is 1. The third-order valence-corrected chi connectivity index (χ3v) is 3.28. The van der Waals surface area contributed by atoms with E-state index >= 15 is 0 Å². The molecule has 1 saturated heterocycles. The first-order valence-corrected chi connectivity index (χ1v) is 5.91. The van der Waals surface area contributed by atoms with E-state index in [0.29, 0.717) is 11.7 Å². The molecule has 1 unspecified atom stereocenters. The number of rotatable bonds is 3. The first-order valence-electron chi connectivity index (χ1n) is 5.91. The van der Waals surface area contributed by atoms with Gasteiger partial charge in [0.25, 0.3) is 0 Å². The van der Waals surface area contributed by atoms with Crippen molar-refractivity contribution in [1.29, 1.82) is 0 Å². The SMILES string of the molecule is CCc1cc(O)cc(N2CCC(CO)C2)c1. The average molecular weight is 221 g/mol. The van der Waals surface area contributed by atoms with Gasteiger partial charge in [-0.15, -0.1) is 0 Å². The van der Waals surface area contributed by atoms with Crippen molar-refractivity contribution >= 4 is 5.69 Å². The molecule has 1 heterocycles. The fraction of sp³-hybridized carbons (Fsp3) is 0.538. The third-order valence-electron chi connectivity index (χ3n) is 3.28. The Kier molecular flexibility index (Phi) is 3.34. The van der Waals surface area contributed by atoms with Crippen molar-refractivity contribution in [3.05, 3.63) is 23.8 Å². The lowest BCUT2D eigenvalue weighted by molar-refractivity contribution is 0.238. The largest absolute Gasteiger partial charge is 0.508 e. The van der Waals surface area contributed by atoms with E-state index in [1.54, 1.807) is 6.07 Å². The maximum Gasteiger partial charge on any atom is 0.117 e. The van der Waals surface area contributed by atoms with Crippen molar-refractivity contribution < 1.29 is 10.2 Å². The Bertz CT molecular complexity index is 365. The van der Waals surface area contributed by atoms with Crippen LogP contribution in [-0.2, 0) is 6.42 Å². The number of hydrogen-bond acceptors (Lipinski definition) is 3. The quantitative estimate of drug-likeness (QED) is 0.817. The van der Waals surface area contributed by atoms with Crippen LogP contribution < -0.4 is 4.90 Å². The molecule has 0 bridgehead atoms. The second-order valence-electron chi connectivity index (χ2n) is 4.49. The highest BCUT2D eigenvalue weighted by Crippen LogP contribution is 2.28. The first-order chi connectivity index (χ1) is 7.72. The Morgan fingerprint density at radius 3 is 2.81 bits per heavy atom. The lowest BCUT2D eigenvalue weighted by Crippen LogP contribution is -2.20. The summed E-state index contributed by atoms with van der Waals surface area (Å²) in [6.07, 6.45) is 1.96. The molecule has 3 nitrogen and oxygen atoms in total. The molecule has 1 aliphatic heterocycles. The lowest BCUT2D eigenvalue weighted by atomic mass is 10.1. The minimum absolute atomic E-state index is 0.260. The summed E-state index contributed by atoms with van der Waals surface area (Å²) in [5, 5.41) is 18.7. The van der Waals surface area contributed by atoms with Gasteiger partial charge in [0, 0.05) is 37.4 Å². The summed E-state index contributed by atoms with van der Waals surface area (Å²) in [6, 6.07) is 5.74. The Labute approximate surface area is 96.3 Å². The van der Waals surface area contributed by atoms with Gasteiger partial charge in [0.1, 0.15) is 5.75 Å². The van der Waals surface area contributed by atoms with Gasteiger partial charge in [-0.25, -0.2) is 0 Å². The Morgan fingerprint density at radius 1 is 1.38 bits per heavy atom. The highest BCUT2D eigenvalue weighted by atomic mass is 16.3. The molecule has 0 radical (unpaired) electrons. The number of hydrogen-bond donors (Lipinski definition) is 2. The molecule has 0 spiro atoms. The van der Waals surface area contributed by atoms with Gasteiger partial charge in [0.2, 0.25) is 0 Å². The van der Waals surface area contributed by atoms with E-state index in [-0.39, 0.29) is 6.61 Å². The zero-order valence-corrected chi connectivity index (χ0v) is 9.69. The smallest absolute Gasteiger partial charge is 0.117 e. The van der Waals surface area contributed by atoms with Crippen LogP contribution in [0.1, 0.15) is 18.9 Å². The van der Waals surface area contributed by atoms with Crippen LogP contribution in [0.25, 0.3) is 0 Å². The van der Waals surface area contributed by atoms with Crippen LogP contribution in [0.2, 0.25) is 0 Å². The summed E-state index contributed by atoms with van der Waals surface area (Å²) in [4.78, 5) is 2.24. The monoisotopic (exact) mass is 221 g/mol. The highest BCUT2D eigenvalue weighted by molar-refractivity contribution is 5.53. The zero-order chi connectivity index (χ0) is 11.5. The van der Waals surface area contributed by atoms with Gasteiger partial charge in [-0.1, -0.05) is 6.92 Å². The topological polar surface area (TPSA) is 43.7 Å². The number of aliphatic hydroxyl groups is 1. The van der Waals surface area contributed by atoms with Crippen molar-refractivity contribution in [2.24, 2.45) is 5.92 Å². The molecule has 2 rings (SSSR count). The van der Waals surface area contributed by atoms with Gasteiger partial charge in [-0.3, -0.25) is 0 Å². The summed E-state index contributed by atoms with van der Waals surface area (Å²) >= 11 is 0. The maximum atomic E-state index is 9.63. The molecule has 1 fully saturated rings. The fourth-order valence-electron chi connectivity index (χ4n) is 2.26. The van der Waals surface area contributed by atoms with Crippen LogP contribution in [0.3, 0.4) is 0 Å². The van der Waals surface area contributed by atoms with Gasteiger partial charge in [-0.05, 0) is 30.5 Å². The summed E-state index contributed by atoms with van der Waals surface area (Å²) < 4.78 is 0. The molecule has 88 valence electrons. The van der Waals surface area contributed by atoms with Crippen molar-refractivity contribution in [3.63, 3.8) is 0 Å². The minimum Gasteiger partial charge on any atom is -0.508 e. The van der Waals surface area contributed by atoms with Gasteiger partial charge >= 0.3 is 0 Å². The van der Waals surface area contributed by atoms with E-state index < -0.39 is 0 Å². The number of nitrogens with zero attached hydrogens (tertiary/aromatic N) is 1. The standard InChI is InChI=1S/C13H19NO2/c1-2-10-5-12(7-13(16)6-10)14-4-3-11(8-14)9-15/h5-7,11,15-16H,2-4,8-9H2,1H3. The van der Waals surface area contributed by atoms with Crippen LogP contribution in [0, 0.1) is 5.92 Å². The van der Waals surface area contributed by atoms with E-state index in [2.05, 4.69) is 17.9 Å². The number of aryl methyl sites for hydroxylation is 1. The van der Waals surface area contributed by atoms with Crippen molar-refractivity contribution in [2.45, 2.75) is 19.8 Å². The maximum absolute atomic E-state index is 9.63. The Hall–Kier alpha value is -1.22. The third kappa shape index (κ3) is 2.30. The van der Waals surface area contributed by atoms with Gasteiger partial charge in [0.05, 0.1) is 0 Å². The minimum atomic E-state index is 0.260. The molecule has 0 amide bonds. The summed E-state index contributed by atoms with van der Waals surface area (Å²) in [7, 11) is 0. The average Bonchev–Trinajstić information content (AvgIpc) is 2.76. The predicted octanol–water partition coefficient (Wildman–Crippen LogP) is 1.77. The number of phenols is 1. The van der Waals surface area contributed by atoms with Crippen LogP contribution in [-0.4, -0.2) is 29.9 Å². The second kappa shape index (κ2) is 4.74. The number of aromatic hydroxyl groups is 1. The highest BCUT2D eigenvalue weighted by Gasteiger charge is 2.22. The second-order valence-corrected chi connectivity index (χ2v) is 4.49. The summed E-state index contributed by atoms with van der Waals surface area (Å²) in [5.41, 5.74) is 2.23. The van der Waals surface area contributed by atoms with Crippen molar-refractivity contribution in [2.75, 3.05) is 24.6 Å². The van der Waals surface area contributed by atoms with Gasteiger partial charge in [-0.2, -0.15) is 0 Å². The molecule has 1 atom stereocenters. The molecular weight excluding hydrogens is 202 g/mol. The first kappa shape index (κ1) is 11.3. The molecule has 1 aromatic carbocycles.